The number of aryl methyl sites for hydroxylation is 8. The average molecular weight is 1260 g/mol. The number of oxime groups is 1. The van der Waals surface area contributed by atoms with Gasteiger partial charge < -0.3 is 95.0 Å². The summed E-state index contributed by atoms with van der Waals surface area (Å²) in [4.78, 5) is 133. The van der Waals surface area contributed by atoms with E-state index in [4.69, 9.17) is 10.6 Å². The normalized spacial score (nSPS) is 11.5. The van der Waals surface area contributed by atoms with Crippen LogP contribution in [0.25, 0.3) is 0 Å². The van der Waals surface area contributed by atoms with Crippen molar-refractivity contribution in [2.24, 2.45) is 67.3 Å². The number of halogens is 1. The van der Waals surface area contributed by atoms with Crippen molar-refractivity contribution in [3.05, 3.63) is 174 Å². The number of anilines is 7. The van der Waals surface area contributed by atoms with Gasteiger partial charge in [0.05, 0.1) is 46.4 Å². The molecule has 0 aliphatic rings. The number of carbonyl (C=O) groups is 9. The number of hydrogen-bond acceptors (Lipinski definition) is 14. The quantitative estimate of drug-likeness (QED) is 0.0219. The topological polar surface area (TPSA) is 375 Å². The van der Waals surface area contributed by atoms with Crippen LogP contribution in [-0.2, 0) is 66.0 Å². The number of nitrogens with zero attached hydrogens (tertiary/aromatic N) is 11. The van der Waals surface area contributed by atoms with Crippen molar-refractivity contribution in [1.29, 1.82) is 0 Å². The molecule has 0 radical (unpaired) electrons. The largest absolute Gasteiger partial charge is 0.396 e. The SMILES string of the molecule is Cn1cc(NC(=O)c2cc(NC(=O)c3cc(NC(=O)c4nc(NC(=O)[C@H](N)CCNC(=O)c5cc(NC(=O)c6cc(NC(=O)c7cc(NC(=O)c8nccn8C)cn7C)cn6C)cn5C)cn4C)cn3C)cn2C)cc1C(=O)NCCCO/N=C\c1ccc(F)cc1. The molecule has 0 unspecified atom stereocenters. The Labute approximate surface area is 523 Å². The maximum absolute atomic E-state index is 13.5. The Morgan fingerprint density at radius 3 is 1.27 bits per heavy atom. The molecule has 9 rings (SSSR count). The van der Waals surface area contributed by atoms with E-state index in [1.54, 1.807) is 119 Å². The number of rotatable bonds is 25. The van der Waals surface area contributed by atoms with Crippen molar-refractivity contribution in [2.45, 2.75) is 18.9 Å². The lowest BCUT2D eigenvalue weighted by Gasteiger charge is -2.11. The van der Waals surface area contributed by atoms with E-state index in [0.717, 1.165) is 0 Å². The zero-order chi connectivity index (χ0) is 66.1. The molecule has 8 heterocycles. The van der Waals surface area contributed by atoms with Gasteiger partial charge in [0.15, 0.2) is 11.6 Å². The molecule has 9 aromatic rings. The van der Waals surface area contributed by atoms with Crippen LogP contribution in [0.3, 0.4) is 0 Å². The van der Waals surface area contributed by atoms with Crippen LogP contribution in [0.4, 0.5) is 44.3 Å². The lowest BCUT2D eigenvalue weighted by atomic mass is 10.2. The van der Waals surface area contributed by atoms with Crippen molar-refractivity contribution in [1.82, 2.24) is 57.1 Å². The summed E-state index contributed by atoms with van der Waals surface area (Å²) in [5.74, 6) is -4.97. The first-order chi connectivity index (χ1) is 43.9. The Morgan fingerprint density at radius 2 is 0.870 bits per heavy atom. The second-order valence-electron chi connectivity index (χ2n) is 21.4. The third kappa shape index (κ3) is 15.6. The van der Waals surface area contributed by atoms with E-state index in [0.29, 0.717) is 40.4 Å². The molecule has 8 aromatic heterocycles. The standard InChI is InChI=1S/C60H66FN21O10/c1-75-18-17-63-50(75)59(90)71-40-24-47(80(6)31-40)57(88)69-38-22-46(79(5)29-38)56(87)68-37-21-44(77(3)28-37)54(85)65-16-14-42(62)52(83)74-49-33-82(8)51(73-49)60(91)72-41-25-48(81(7)32-41)58(89)70-39-23-45(78(4)30-39)55(86)67-36-20-43(76(2)27-36)53(84)64-15-9-19-92-66-26-34-10-12-35(61)13-11-34/h10-13,17-18,20-33,42H,9,14-16,19,62H2,1-8H3,(H,64,84)(H,65,85)(H,67,86)(H,68,87)(H,69,88)(H,70,89)(H,71,90)(H,72,91)(H,74,83)/b66-26-/t42-/m1/s1. The molecule has 0 bridgehead atoms. The van der Waals surface area contributed by atoms with Crippen LogP contribution in [0.5, 0.6) is 0 Å². The number of carbonyl (C=O) groups excluding carboxylic acids is 9. The van der Waals surface area contributed by atoms with Crippen LogP contribution in [0.2, 0.25) is 0 Å². The molecule has 11 N–H and O–H groups in total. The van der Waals surface area contributed by atoms with Gasteiger partial charge in [0.25, 0.3) is 47.3 Å². The summed E-state index contributed by atoms with van der Waals surface area (Å²) < 4.78 is 25.2. The minimum atomic E-state index is -1.11. The summed E-state index contributed by atoms with van der Waals surface area (Å²) in [7, 11) is 13.0. The summed E-state index contributed by atoms with van der Waals surface area (Å²) >= 11 is 0. The number of nitrogens with one attached hydrogen (secondary N) is 9. The highest BCUT2D eigenvalue weighted by Crippen LogP contribution is 2.23. The lowest BCUT2D eigenvalue weighted by molar-refractivity contribution is -0.117. The monoisotopic (exact) mass is 1260 g/mol. The Balaban J connectivity index is 0.691. The zero-order valence-corrected chi connectivity index (χ0v) is 51.1. The van der Waals surface area contributed by atoms with E-state index in [1.807, 2.05) is 0 Å². The highest BCUT2D eigenvalue weighted by Gasteiger charge is 2.25. The predicted octanol–water partition coefficient (Wildman–Crippen LogP) is 4.09. The molecule has 31 nitrogen and oxygen atoms in total. The van der Waals surface area contributed by atoms with Crippen molar-refractivity contribution in [3.63, 3.8) is 0 Å². The summed E-state index contributed by atoms with van der Waals surface area (Å²) in [5, 5.41) is 28.5. The molecule has 478 valence electrons. The molecule has 9 amide bonds. The van der Waals surface area contributed by atoms with Gasteiger partial charge in [0.2, 0.25) is 11.7 Å². The Kier molecular flexibility index (Phi) is 19.6. The van der Waals surface area contributed by atoms with Crippen LogP contribution in [0.15, 0.2) is 122 Å². The maximum Gasteiger partial charge on any atom is 0.291 e. The predicted molar refractivity (Wildman–Crippen MR) is 337 cm³/mol. The Bertz CT molecular complexity index is 4340. The number of amides is 9. The number of benzene rings is 1. The first kappa shape index (κ1) is 64.4. The summed E-state index contributed by atoms with van der Waals surface area (Å²) in [6, 6.07) is 13.6. The number of imidazole rings is 2. The van der Waals surface area contributed by atoms with Crippen LogP contribution in [0.1, 0.15) is 103 Å². The summed E-state index contributed by atoms with van der Waals surface area (Å²) in [6.07, 6.45) is 15.8. The average Bonchev–Trinajstić information content (AvgIpc) is 1.73. The van der Waals surface area contributed by atoms with Gasteiger partial charge in [0, 0.05) is 132 Å². The zero-order valence-electron chi connectivity index (χ0n) is 51.1. The second kappa shape index (κ2) is 27.9. The highest BCUT2D eigenvalue weighted by molar-refractivity contribution is 6.10. The van der Waals surface area contributed by atoms with Gasteiger partial charge in [-0.1, -0.05) is 17.3 Å². The van der Waals surface area contributed by atoms with Gasteiger partial charge in [-0.25, -0.2) is 14.4 Å². The molecule has 1 aromatic carbocycles. The molecular formula is C60H66FN21O10. The van der Waals surface area contributed by atoms with E-state index < -0.39 is 53.3 Å². The summed E-state index contributed by atoms with van der Waals surface area (Å²) in [6.45, 7) is 0.501. The fourth-order valence-corrected chi connectivity index (χ4v) is 9.54. The Morgan fingerprint density at radius 1 is 0.489 bits per heavy atom. The van der Waals surface area contributed by atoms with Crippen molar-refractivity contribution in [2.75, 3.05) is 56.9 Å². The number of hydrogen-bond donors (Lipinski definition) is 10. The van der Waals surface area contributed by atoms with Gasteiger partial charge in [-0.05, 0) is 60.5 Å². The first-order valence-corrected chi connectivity index (χ1v) is 28.3. The van der Waals surface area contributed by atoms with Gasteiger partial charge in [-0.2, -0.15) is 0 Å². The van der Waals surface area contributed by atoms with Crippen molar-refractivity contribution < 1.29 is 52.4 Å². The van der Waals surface area contributed by atoms with E-state index >= 15 is 0 Å². The highest BCUT2D eigenvalue weighted by atomic mass is 19.1. The van der Waals surface area contributed by atoms with E-state index in [9.17, 15) is 47.5 Å². The Hall–Kier alpha value is -12.1. The molecule has 0 aliphatic carbocycles. The third-order valence-corrected chi connectivity index (χ3v) is 14.2. The number of aromatic nitrogens is 10. The minimum absolute atomic E-state index is 0.00919. The molecule has 92 heavy (non-hydrogen) atoms. The molecule has 32 heteroatoms. The number of nitrogens with two attached hydrogens (primary N) is 1. The molecule has 1 atom stereocenters. The molecule has 0 fully saturated rings. The minimum Gasteiger partial charge on any atom is -0.396 e. The lowest BCUT2D eigenvalue weighted by Crippen LogP contribution is -2.39. The van der Waals surface area contributed by atoms with E-state index in [1.165, 1.54) is 96.2 Å². The second-order valence-corrected chi connectivity index (χ2v) is 21.4. The smallest absolute Gasteiger partial charge is 0.291 e. The van der Waals surface area contributed by atoms with Crippen LogP contribution in [-0.4, -0.2) is 132 Å². The van der Waals surface area contributed by atoms with Crippen LogP contribution < -0.4 is 53.6 Å². The van der Waals surface area contributed by atoms with Crippen molar-refractivity contribution in [3.8, 4) is 0 Å². The van der Waals surface area contributed by atoms with Gasteiger partial charge in [-0.15, -0.1) is 0 Å². The third-order valence-electron chi connectivity index (χ3n) is 14.2. The molecule has 0 saturated heterocycles. The fraction of sp³-hybridized carbons (Fsp3) is 0.233. The van der Waals surface area contributed by atoms with Crippen LogP contribution in [0, 0.1) is 5.82 Å². The summed E-state index contributed by atoms with van der Waals surface area (Å²) in [5.41, 5.74) is 10.0. The first-order valence-electron chi connectivity index (χ1n) is 28.3. The van der Waals surface area contributed by atoms with Gasteiger partial charge in [-0.3, -0.25) is 43.2 Å². The fourth-order valence-electron chi connectivity index (χ4n) is 9.54. The van der Waals surface area contributed by atoms with E-state index in [2.05, 4.69) is 63.0 Å². The maximum atomic E-state index is 13.5. The van der Waals surface area contributed by atoms with Gasteiger partial charge in [0.1, 0.15) is 46.6 Å². The van der Waals surface area contributed by atoms with Gasteiger partial charge >= 0.3 is 0 Å². The molecular weight excluding hydrogens is 1190 g/mol. The molecule has 0 aliphatic heterocycles. The van der Waals surface area contributed by atoms with E-state index in [-0.39, 0.29) is 95.2 Å². The molecule has 0 spiro atoms. The van der Waals surface area contributed by atoms with Crippen LogP contribution >= 0.6 is 0 Å². The van der Waals surface area contributed by atoms with Crippen molar-refractivity contribution >= 4 is 99.3 Å². The molecule has 0 saturated carbocycles.